The average molecular weight is 397 g/mol. The van der Waals surface area contributed by atoms with Gasteiger partial charge in [0.05, 0.1) is 17.1 Å². The molecule has 0 saturated carbocycles. The zero-order valence-corrected chi connectivity index (χ0v) is 15.3. The molecule has 9 nitrogen and oxygen atoms in total. The summed E-state index contributed by atoms with van der Waals surface area (Å²) >= 11 is 0. The molecule has 0 aliphatic heterocycles. The van der Waals surface area contributed by atoms with E-state index in [2.05, 4.69) is 20.6 Å². The van der Waals surface area contributed by atoms with E-state index < -0.39 is 16.7 Å². The molecule has 3 rings (SSSR count). The molecular weight excluding hydrogens is 381 g/mol. The predicted molar refractivity (Wildman–Crippen MR) is 104 cm³/mol. The van der Waals surface area contributed by atoms with Gasteiger partial charge < -0.3 is 15.4 Å². The van der Waals surface area contributed by atoms with Crippen molar-refractivity contribution in [2.45, 2.75) is 6.92 Å². The third-order valence-electron chi connectivity index (χ3n) is 3.77. The van der Waals surface area contributed by atoms with Gasteiger partial charge in [0.2, 0.25) is 11.6 Å². The number of hydrogen-bond acceptors (Lipinski definition) is 8. The molecule has 148 valence electrons. The van der Waals surface area contributed by atoms with Crippen LogP contribution in [0.25, 0.3) is 0 Å². The van der Waals surface area contributed by atoms with Crippen LogP contribution in [0.3, 0.4) is 0 Å². The highest BCUT2D eigenvalue weighted by Crippen LogP contribution is 2.33. The van der Waals surface area contributed by atoms with E-state index in [9.17, 15) is 19.3 Å². The predicted octanol–water partition coefficient (Wildman–Crippen LogP) is 4.19. The van der Waals surface area contributed by atoms with Gasteiger partial charge in [-0.05, 0) is 55.5 Å². The van der Waals surface area contributed by atoms with Crippen molar-refractivity contribution >= 4 is 34.7 Å². The van der Waals surface area contributed by atoms with Crippen molar-refractivity contribution < 1.29 is 18.8 Å². The number of aromatic nitrogens is 2. The highest BCUT2D eigenvalue weighted by Gasteiger charge is 2.23. The van der Waals surface area contributed by atoms with Gasteiger partial charge in [-0.15, -0.1) is 0 Å². The van der Waals surface area contributed by atoms with E-state index in [-0.39, 0.29) is 23.9 Å². The third kappa shape index (κ3) is 4.80. The van der Waals surface area contributed by atoms with Gasteiger partial charge in [-0.25, -0.2) is 19.2 Å². The maximum atomic E-state index is 13.1. The summed E-state index contributed by atoms with van der Waals surface area (Å²) in [6, 6.07) is 11.5. The van der Waals surface area contributed by atoms with Crippen LogP contribution in [-0.4, -0.2) is 27.5 Å². The first-order valence-corrected chi connectivity index (χ1v) is 8.54. The van der Waals surface area contributed by atoms with Gasteiger partial charge in [0, 0.05) is 11.4 Å². The zero-order valence-electron chi connectivity index (χ0n) is 15.3. The highest BCUT2D eigenvalue weighted by molar-refractivity contribution is 5.90. The summed E-state index contributed by atoms with van der Waals surface area (Å²) in [5.41, 5.74) is 0.880. The number of hydrogen-bond donors (Lipinski definition) is 2. The molecule has 0 aliphatic rings. The number of halogens is 1. The van der Waals surface area contributed by atoms with Crippen LogP contribution in [0.4, 0.5) is 33.1 Å². The Hall–Kier alpha value is -4.08. The Balaban J connectivity index is 1.86. The lowest BCUT2D eigenvalue weighted by molar-refractivity contribution is -0.383. The molecule has 2 N–H and O–H groups in total. The largest absolute Gasteiger partial charge is 0.462 e. The number of anilines is 4. The first-order valence-electron chi connectivity index (χ1n) is 8.54. The molecule has 0 spiro atoms. The van der Waals surface area contributed by atoms with E-state index in [1.807, 2.05) is 0 Å². The zero-order chi connectivity index (χ0) is 20.8. The molecule has 0 unspecified atom stereocenters. The number of nitrogens with one attached hydrogen (secondary N) is 2. The molecule has 0 atom stereocenters. The van der Waals surface area contributed by atoms with Gasteiger partial charge in [0.25, 0.3) is 0 Å². The lowest BCUT2D eigenvalue weighted by atomic mass is 10.2. The maximum Gasteiger partial charge on any atom is 0.353 e. The lowest BCUT2D eigenvalue weighted by Gasteiger charge is -2.10. The fourth-order valence-corrected chi connectivity index (χ4v) is 2.45. The molecule has 3 aromatic rings. The van der Waals surface area contributed by atoms with Crippen LogP contribution in [-0.2, 0) is 4.74 Å². The molecule has 1 aromatic heterocycles. The van der Waals surface area contributed by atoms with Gasteiger partial charge >= 0.3 is 11.7 Å². The summed E-state index contributed by atoms with van der Waals surface area (Å²) in [7, 11) is 0. The summed E-state index contributed by atoms with van der Waals surface area (Å²) in [5, 5.41) is 17.2. The molecule has 29 heavy (non-hydrogen) atoms. The second kappa shape index (κ2) is 8.74. The van der Waals surface area contributed by atoms with Crippen LogP contribution in [0.2, 0.25) is 0 Å². The Bertz CT molecular complexity index is 1030. The number of esters is 1. The van der Waals surface area contributed by atoms with Crippen LogP contribution < -0.4 is 10.6 Å². The Kier molecular flexibility index (Phi) is 5.93. The summed E-state index contributed by atoms with van der Waals surface area (Å²) in [5.74, 6) is -0.986. The fourth-order valence-electron chi connectivity index (χ4n) is 2.45. The second-order valence-corrected chi connectivity index (χ2v) is 5.73. The van der Waals surface area contributed by atoms with Crippen LogP contribution in [0.1, 0.15) is 17.3 Å². The lowest BCUT2D eigenvalue weighted by Crippen LogP contribution is -2.06. The van der Waals surface area contributed by atoms with Crippen molar-refractivity contribution in [1.29, 1.82) is 0 Å². The van der Waals surface area contributed by atoms with E-state index in [4.69, 9.17) is 4.74 Å². The molecule has 0 saturated heterocycles. The third-order valence-corrected chi connectivity index (χ3v) is 3.77. The molecule has 0 bridgehead atoms. The first-order chi connectivity index (χ1) is 14.0. The Labute approximate surface area is 164 Å². The molecule has 10 heteroatoms. The molecule has 0 aliphatic carbocycles. The topological polar surface area (TPSA) is 119 Å². The van der Waals surface area contributed by atoms with E-state index in [0.29, 0.717) is 16.9 Å². The Morgan fingerprint density at radius 1 is 1.03 bits per heavy atom. The van der Waals surface area contributed by atoms with Crippen molar-refractivity contribution in [1.82, 2.24) is 9.97 Å². The second-order valence-electron chi connectivity index (χ2n) is 5.73. The van der Waals surface area contributed by atoms with Crippen LogP contribution in [0, 0.1) is 15.9 Å². The van der Waals surface area contributed by atoms with Crippen molar-refractivity contribution in [3.05, 3.63) is 76.4 Å². The average Bonchev–Trinajstić information content (AvgIpc) is 2.70. The summed E-state index contributed by atoms with van der Waals surface area (Å²) in [6.07, 6.45) is 1.16. The Morgan fingerprint density at radius 2 is 1.55 bits per heavy atom. The van der Waals surface area contributed by atoms with Gasteiger partial charge in [0.15, 0.2) is 0 Å². The van der Waals surface area contributed by atoms with E-state index in [1.165, 1.54) is 36.4 Å². The SMILES string of the molecule is CCOC(=O)c1ccc(Nc2ncnc(Nc3ccc(F)cc3)c2[N+](=O)[O-])cc1. The van der Waals surface area contributed by atoms with E-state index in [0.717, 1.165) is 6.33 Å². The normalized spacial score (nSPS) is 10.3. The van der Waals surface area contributed by atoms with Crippen LogP contribution in [0.15, 0.2) is 54.9 Å². The minimum atomic E-state index is -0.624. The molecule has 0 amide bonds. The van der Waals surface area contributed by atoms with Gasteiger partial charge in [-0.2, -0.15) is 0 Å². The summed E-state index contributed by atoms with van der Waals surface area (Å²) in [4.78, 5) is 30.6. The Morgan fingerprint density at radius 3 is 2.03 bits per heavy atom. The molecule has 0 radical (unpaired) electrons. The molecule has 2 aromatic carbocycles. The van der Waals surface area contributed by atoms with Gasteiger partial charge in [-0.3, -0.25) is 10.1 Å². The number of nitrogens with zero attached hydrogens (tertiary/aromatic N) is 3. The van der Waals surface area contributed by atoms with Crippen LogP contribution in [0.5, 0.6) is 0 Å². The molecular formula is C19H16FN5O4. The quantitative estimate of drug-likeness (QED) is 0.346. The number of nitro groups is 1. The molecule has 1 heterocycles. The van der Waals surface area contributed by atoms with Crippen molar-refractivity contribution in [3.8, 4) is 0 Å². The smallest absolute Gasteiger partial charge is 0.353 e. The van der Waals surface area contributed by atoms with Crippen molar-refractivity contribution in [2.75, 3.05) is 17.2 Å². The van der Waals surface area contributed by atoms with Gasteiger partial charge in [-0.1, -0.05) is 0 Å². The van der Waals surface area contributed by atoms with Crippen molar-refractivity contribution in [2.24, 2.45) is 0 Å². The van der Waals surface area contributed by atoms with Crippen LogP contribution >= 0.6 is 0 Å². The van der Waals surface area contributed by atoms with E-state index >= 15 is 0 Å². The van der Waals surface area contributed by atoms with Gasteiger partial charge in [0.1, 0.15) is 12.1 Å². The fraction of sp³-hybridized carbons (Fsp3) is 0.105. The highest BCUT2D eigenvalue weighted by atomic mass is 19.1. The standard InChI is InChI=1S/C19H16FN5O4/c1-2-29-19(26)12-3-7-14(8-4-12)23-17-16(25(27)28)18(22-11-21-17)24-15-9-5-13(20)6-10-15/h3-11H,2H2,1H3,(H2,21,22,23,24). The monoisotopic (exact) mass is 397 g/mol. The summed E-state index contributed by atoms with van der Waals surface area (Å²) < 4.78 is 18.0. The van der Waals surface area contributed by atoms with E-state index in [1.54, 1.807) is 19.1 Å². The summed E-state index contributed by atoms with van der Waals surface area (Å²) in [6.45, 7) is 1.97. The number of carbonyl (C=O) groups is 1. The molecule has 0 fully saturated rings. The minimum Gasteiger partial charge on any atom is -0.462 e. The number of ether oxygens (including phenoxy) is 1. The minimum absolute atomic E-state index is 0.0431. The van der Waals surface area contributed by atoms with Crippen molar-refractivity contribution in [3.63, 3.8) is 0 Å². The number of carbonyl (C=O) groups excluding carboxylic acids is 1. The first kappa shape index (κ1) is 19.7. The number of rotatable bonds is 7. The maximum absolute atomic E-state index is 13.1. The number of benzene rings is 2.